The van der Waals surface area contributed by atoms with Crippen LogP contribution in [0.1, 0.15) is 39.8 Å². The highest BCUT2D eigenvalue weighted by Crippen LogP contribution is 2.36. The van der Waals surface area contributed by atoms with E-state index < -0.39 is 5.91 Å². The van der Waals surface area contributed by atoms with Crippen molar-refractivity contribution in [1.29, 1.82) is 0 Å². The van der Waals surface area contributed by atoms with E-state index in [0.29, 0.717) is 16.5 Å². The van der Waals surface area contributed by atoms with E-state index in [-0.39, 0.29) is 29.2 Å². The van der Waals surface area contributed by atoms with Gasteiger partial charge in [-0.2, -0.15) is 0 Å². The number of rotatable bonds is 7. The lowest BCUT2D eigenvalue weighted by Crippen LogP contribution is -2.25. The molecule has 2 rings (SSSR count). The first-order chi connectivity index (χ1) is 9.93. The molecule has 8 heteroatoms. The van der Waals surface area contributed by atoms with E-state index >= 15 is 0 Å². The van der Waals surface area contributed by atoms with Crippen LogP contribution < -0.4 is 22.1 Å². The first kappa shape index (κ1) is 15.6. The van der Waals surface area contributed by atoms with Gasteiger partial charge in [0.15, 0.2) is 0 Å². The molecular formula is C13H20N4O3S. The van der Waals surface area contributed by atoms with Gasteiger partial charge in [-0.25, -0.2) is 0 Å². The van der Waals surface area contributed by atoms with Crippen molar-refractivity contribution in [2.75, 3.05) is 24.8 Å². The lowest BCUT2D eigenvalue weighted by molar-refractivity contribution is 0.0955. The van der Waals surface area contributed by atoms with Crippen LogP contribution >= 0.6 is 11.3 Å². The summed E-state index contributed by atoms with van der Waals surface area (Å²) in [4.78, 5) is 24.1. The molecule has 21 heavy (non-hydrogen) atoms. The number of hydrogen-bond acceptors (Lipinski definition) is 6. The summed E-state index contributed by atoms with van der Waals surface area (Å²) >= 11 is 1.14. The molecular weight excluding hydrogens is 292 g/mol. The normalized spacial score (nSPS) is 15.5. The smallest absolute Gasteiger partial charge is 0.263 e. The number of hydrogen-bond donors (Lipinski definition) is 4. The largest absolute Gasteiger partial charge is 0.397 e. The molecule has 1 atom stereocenters. The summed E-state index contributed by atoms with van der Waals surface area (Å²) in [7, 11) is 1.59. The van der Waals surface area contributed by atoms with Crippen LogP contribution in [0.5, 0.6) is 0 Å². The topological polar surface area (TPSA) is 119 Å². The number of carbonyl (C=O) groups is 2. The van der Waals surface area contributed by atoms with Crippen LogP contribution in [0.2, 0.25) is 0 Å². The van der Waals surface area contributed by atoms with Gasteiger partial charge in [0.05, 0.1) is 17.9 Å². The average Bonchev–Trinajstić information content (AvgIpc) is 3.13. The summed E-state index contributed by atoms with van der Waals surface area (Å²) in [5.74, 6) is -0.906. The van der Waals surface area contributed by atoms with Crippen molar-refractivity contribution in [2.24, 2.45) is 5.73 Å². The Kier molecular flexibility index (Phi) is 4.69. The molecule has 0 aromatic carbocycles. The molecule has 0 spiro atoms. The minimum Gasteiger partial charge on any atom is -0.397 e. The van der Waals surface area contributed by atoms with Crippen LogP contribution in [-0.4, -0.2) is 37.6 Å². The van der Waals surface area contributed by atoms with E-state index in [4.69, 9.17) is 16.2 Å². The second kappa shape index (κ2) is 6.31. The maximum absolute atomic E-state index is 12.1. The Morgan fingerprint density at radius 3 is 2.67 bits per heavy atom. The summed E-state index contributed by atoms with van der Waals surface area (Å²) in [5, 5.41) is 6.47. The number of ether oxygens (including phenoxy) is 1. The molecule has 116 valence electrons. The van der Waals surface area contributed by atoms with Crippen LogP contribution in [-0.2, 0) is 4.74 Å². The van der Waals surface area contributed by atoms with E-state index in [2.05, 4.69) is 10.6 Å². The van der Waals surface area contributed by atoms with Gasteiger partial charge < -0.3 is 26.8 Å². The molecule has 1 aromatic heterocycles. The zero-order valence-corrected chi connectivity index (χ0v) is 12.9. The Hall–Kier alpha value is -1.80. The number of nitrogen functional groups attached to an aromatic ring is 1. The number of amides is 2. The van der Waals surface area contributed by atoms with Crippen molar-refractivity contribution in [2.45, 2.75) is 31.8 Å². The molecule has 7 nitrogen and oxygen atoms in total. The summed E-state index contributed by atoms with van der Waals surface area (Å²) in [5.41, 5.74) is 11.6. The van der Waals surface area contributed by atoms with Crippen molar-refractivity contribution < 1.29 is 14.3 Å². The molecule has 1 unspecified atom stereocenters. The van der Waals surface area contributed by atoms with Gasteiger partial charge in [0.25, 0.3) is 11.8 Å². The summed E-state index contributed by atoms with van der Waals surface area (Å²) in [6.45, 7) is 2.35. The highest BCUT2D eigenvalue weighted by atomic mass is 32.1. The molecule has 1 aromatic rings. The van der Waals surface area contributed by atoms with Gasteiger partial charge in [0.1, 0.15) is 9.88 Å². The number of methoxy groups -OCH3 is 1. The van der Waals surface area contributed by atoms with E-state index in [1.165, 1.54) is 0 Å². The SMILES string of the molecule is COCC(C)Nc1sc(C(=O)NC2CC2)c(N)c1C(N)=O. The molecule has 1 saturated carbocycles. The predicted molar refractivity (Wildman–Crippen MR) is 82.7 cm³/mol. The minimum absolute atomic E-state index is 0.0366. The predicted octanol–water partition coefficient (Wildman–Crippen LogP) is 0.768. The van der Waals surface area contributed by atoms with Crippen molar-refractivity contribution >= 4 is 33.8 Å². The third kappa shape index (κ3) is 3.64. The molecule has 1 heterocycles. The van der Waals surface area contributed by atoms with Gasteiger partial charge >= 0.3 is 0 Å². The van der Waals surface area contributed by atoms with E-state index in [9.17, 15) is 9.59 Å². The third-order valence-corrected chi connectivity index (χ3v) is 4.24. The van der Waals surface area contributed by atoms with Crippen molar-refractivity contribution in [3.63, 3.8) is 0 Å². The first-order valence-electron chi connectivity index (χ1n) is 6.72. The van der Waals surface area contributed by atoms with E-state index in [1.54, 1.807) is 7.11 Å². The molecule has 0 aliphatic heterocycles. The van der Waals surface area contributed by atoms with Crippen molar-refractivity contribution in [1.82, 2.24) is 5.32 Å². The zero-order valence-electron chi connectivity index (χ0n) is 12.1. The first-order valence-corrected chi connectivity index (χ1v) is 7.54. The number of nitrogens with two attached hydrogens (primary N) is 2. The van der Waals surface area contributed by atoms with Crippen LogP contribution in [0.4, 0.5) is 10.7 Å². The Morgan fingerprint density at radius 1 is 1.48 bits per heavy atom. The van der Waals surface area contributed by atoms with Crippen LogP contribution in [0.15, 0.2) is 0 Å². The highest BCUT2D eigenvalue weighted by Gasteiger charge is 2.29. The fourth-order valence-electron chi connectivity index (χ4n) is 1.95. The van der Waals surface area contributed by atoms with E-state index in [0.717, 1.165) is 24.2 Å². The zero-order chi connectivity index (χ0) is 15.6. The van der Waals surface area contributed by atoms with Crippen LogP contribution in [0.3, 0.4) is 0 Å². The monoisotopic (exact) mass is 312 g/mol. The second-order valence-electron chi connectivity index (χ2n) is 5.16. The maximum Gasteiger partial charge on any atom is 0.263 e. The average molecular weight is 312 g/mol. The Morgan fingerprint density at radius 2 is 2.14 bits per heavy atom. The lowest BCUT2D eigenvalue weighted by Gasteiger charge is -2.13. The van der Waals surface area contributed by atoms with Crippen molar-refractivity contribution in [3.8, 4) is 0 Å². The highest BCUT2D eigenvalue weighted by molar-refractivity contribution is 7.19. The van der Waals surface area contributed by atoms with Gasteiger partial charge in [-0.15, -0.1) is 11.3 Å². The molecule has 1 fully saturated rings. The van der Waals surface area contributed by atoms with Crippen LogP contribution in [0.25, 0.3) is 0 Å². The van der Waals surface area contributed by atoms with Gasteiger partial charge in [-0.3, -0.25) is 9.59 Å². The lowest BCUT2D eigenvalue weighted by atomic mass is 10.2. The van der Waals surface area contributed by atoms with Gasteiger partial charge in [0.2, 0.25) is 0 Å². The molecule has 0 bridgehead atoms. The van der Waals surface area contributed by atoms with Crippen LogP contribution in [0, 0.1) is 0 Å². The quantitative estimate of drug-likeness (QED) is 0.593. The third-order valence-electron chi connectivity index (χ3n) is 3.10. The number of carbonyl (C=O) groups excluding carboxylic acids is 2. The minimum atomic E-state index is -0.652. The number of thiophene rings is 1. The summed E-state index contributed by atoms with van der Waals surface area (Å²) < 4.78 is 5.04. The van der Waals surface area contributed by atoms with Gasteiger partial charge in [-0.1, -0.05) is 0 Å². The summed E-state index contributed by atoms with van der Waals surface area (Å²) in [6, 6.07) is 0.186. The van der Waals surface area contributed by atoms with Gasteiger partial charge in [-0.05, 0) is 19.8 Å². The Labute approximate surface area is 127 Å². The summed E-state index contributed by atoms with van der Waals surface area (Å²) in [6.07, 6.45) is 1.96. The Bertz CT molecular complexity index is 554. The van der Waals surface area contributed by atoms with Crippen molar-refractivity contribution in [3.05, 3.63) is 10.4 Å². The Balaban J connectivity index is 2.25. The molecule has 1 aliphatic carbocycles. The number of primary amides is 1. The fourth-order valence-corrected chi connectivity index (χ4v) is 3.09. The molecule has 0 saturated heterocycles. The maximum atomic E-state index is 12.1. The number of anilines is 2. The fraction of sp³-hybridized carbons (Fsp3) is 0.538. The molecule has 1 aliphatic rings. The molecule has 6 N–H and O–H groups in total. The van der Waals surface area contributed by atoms with E-state index in [1.807, 2.05) is 6.92 Å². The standard InChI is InChI=1S/C13H20N4O3S/c1-6(5-20-2)16-13-8(11(15)18)9(14)10(21-13)12(19)17-7-3-4-7/h6-7,16H,3-5,14H2,1-2H3,(H2,15,18)(H,17,19). The second-order valence-corrected chi connectivity index (χ2v) is 6.18. The molecule has 2 amide bonds. The molecule has 0 radical (unpaired) electrons. The van der Waals surface area contributed by atoms with Gasteiger partial charge in [0, 0.05) is 19.2 Å². The number of nitrogens with one attached hydrogen (secondary N) is 2.